The number of carbonyl (C=O) groups is 1. The van der Waals surface area contributed by atoms with E-state index >= 15 is 0 Å². The zero-order valence-corrected chi connectivity index (χ0v) is 16.3. The van der Waals surface area contributed by atoms with Crippen LogP contribution in [0.5, 0.6) is 0 Å². The molecule has 28 heavy (non-hydrogen) atoms. The maximum atomic E-state index is 12.2. The Balaban J connectivity index is 1.45. The summed E-state index contributed by atoms with van der Waals surface area (Å²) in [5.41, 5.74) is 2.62. The molecule has 0 spiro atoms. The number of hydrogen-bond acceptors (Lipinski definition) is 3. The number of hydrogen-bond donors (Lipinski definition) is 1. The first kappa shape index (κ1) is 18.5. The lowest BCUT2D eigenvalue weighted by Gasteiger charge is -2.27. The molecule has 1 saturated heterocycles. The fraction of sp³-hybridized carbons (Fsp3) is 0.217. The average molecular weight is 392 g/mol. The van der Waals surface area contributed by atoms with Crippen molar-refractivity contribution in [2.24, 2.45) is 0 Å². The van der Waals surface area contributed by atoms with Crippen LogP contribution in [-0.4, -0.2) is 24.0 Å². The smallest absolute Gasteiger partial charge is 0.248 e. The van der Waals surface area contributed by atoms with Gasteiger partial charge in [0.2, 0.25) is 5.91 Å². The molecule has 2 aromatic carbocycles. The highest BCUT2D eigenvalue weighted by molar-refractivity contribution is 6.30. The Kier molecular flexibility index (Phi) is 5.58. The summed E-state index contributed by atoms with van der Waals surface area (Å²) in [6, 6.07) is 17.3. The van der Waals surface area contributed by atoms with E-state index in [4.69, 9.17) is 16.6 Å². The van der Waals surface area contributed by atoms with Crippen molar-refractivity contribution in [2.45, 2.75) is 19.3 Å². The van der Waals surface area contributed by atoms with E-state index < -0.39 is 0 Å². The molecule has 4 nitrogen and oxygen atoms in total. The molecule has 2 heterocycles. The van der Waals surface area contributed by atoms with Crippen LogP contribution < -0.4 is 10.2 Å². The number of benzene rings is 2. The molecule has 0 radical (unpaired) electrons. The number of piperidine rings is 1. The summed E-state index contributed by atoms with van der Waals surface area (Å²) >= 11 is 5.87. The Morgan fingerprint density at radius 3 is 2.57 bits per heavy atom. The third-order valence-electron chi connectivity index (χ3n) is 4.92. The van der Waals surface area contributed by atoms with Gasteiger partial charge in [-0.3, -0.25) is 4.79 Å². The van der Waals surface area contributed by atoms with Crippen molar-refractivity contribution >= 4 is 46.0 Å². The van der Waals surface area contributed by atoms with Crippen LogP contribution in [0.3, 0.4) is 0 Å². The van der Waals surface area contributed by atoms with Gasteiger partial charge in [-0.1, -0.05) is 23.7 Å². The number of fused-ring (bicyclic) bond motifs is 1. The maximum absolute atomic E-state index is 12.2. The van der Waals surface area contributed by atoms with E-state index in [-0.39, 0.29) is 5.91 Å². The molecule has 142 valence electrons. The molecule has 0 atom stereocenters. The van der Waals surface area contributed by atoms with Crippen molar-refractivity contribution in [1.29, 1.82) is 0 Å². The predicted octanol–water partition coefficient (Wildman–Crippen LogP) is 5.53. The third kappa shape index (κ3) is 4.52. The SMILES string of the molecule is O=C(C=Cc1ccc(Cl)cc1)Nc1ccc2nc(N3CCCCC3)ccc2c1. The van der Waals surface area contributed by atoms with Crippen molar-refractivity contribution in [3.8, 4) is 0 Å². The lowest BCUT2D eigenvalue weighted by Crippen LogP contribution is -2.30. The largest absolute Gasteiger partial charge is 0.357 e. The minimum absolute atomic E-state index is 0.174. The second-order valence-electron chi connectivity index (χ2n) is 7.00. The first-order chi connectivity index (χ1) is 13.7. The normalized spacial score (nSPS) is 14.5. The Hall–Kier alpha value is -2.85. The maximum Gasteiger partial charge on any atom is 0.248 e. The number of rotatable bonds is 4. The van der Waals surface area contributed by atoms with Crippen molar-refractivity contribution in [1.82, 2.24) is 4.98 Å². The Morgan fingerprint density at radius 1 is 1.00 bits per heavy atom. The number of anilines is 2. The summed E-state index contributed by atoms with van der Waals surface area (Å²) in [6.45, 7) is 2.15. The molecular weight excluding hydrogens is 370 g/mol. The molecule has 4 rings (SSSR count). The van der Waals surface area contributed by atoms with E-state index in [2.05, 4.69) is 22.3 Å². The van der Waals surface area contributed by atoms with Gasteiger partial charge in [0, 0.05) is 35.3 Å². The predicted molar refractivity (Wildman–Crippen MR) is 117 cm³/mol. The van der Waals surface area contributed by atoms with Gasteiger partial charge >= 0.3 is 0 Å². The van der Waals surface area contributed by atoms with Crippen LogP contribution >= 0.6 is 11.6 Å². The van der Waals surface area contributed by atoms with Gasteiger partial charge in [-0.25, -0.2) is 4.98 Å². The van der Waals surface area contributed by atoms with Crippen LogP contribution in [0.25, 0.3) is 17.0 Å². The zero-order chi connectivity index (χ0) is 19.3. The van der Waals surface area contributed by atoms with Crippen LogP contribution in [0.1, 0.15) is 24.8 Å². The van der Waals surface area contributed by atoms with E-state index in [0.29, 0.717) is 5.02 Å². The lowest BCUT2D eigenvalue weighted by atomic mass is 10.1. The van der Waals surface area contributed by atoms with E-state index in [1.165, 1.54) is 25.3 Å². The van der Waals surface area contributed by atoms with Gasteiger partial charge < -0.3 is 10.2 Å². The lowest BCUT2D eigenvalue weighted by molar-refractivity contribution is -0.111. The zero-order valence-electron chi connectivity index (χ0n) is 15.6. The number of halogens is 1. The summed E-state index contributed by atoms with van der Waals surface area (Å²) in [4.78, 5) is 19.3. The molecule has 1 fully saturated rings. The number of aromatic nitrogens is 1. The molecule has 1 aliphatic rings. The average Bonchev–Trinajstić information content (AvgIpc) is 2.73. The molecule has 0 aliphatic carbocycles. The van der Waals surface area contributed by atoms with Crippen molar-refractivity contribution < 1.29 is 4.79 Å². The fourth-order valence-corrected chi connectivity index (χ4v) is 3.55. The van der Waals surface area contributed by atoms with Gasteiger partial charge in [0.25, 0.3) is 0 Å². The van der Waals surface area contributed by atoms with E-state index in [9.17, 15) is 4.79 Å². The Bertz CT molecular complexity index is 1010. The first-order valence-corrected chi connectivity index (χ1v) is 9.96. The standard InChI is InChI=1S/C23H22ClN3O/c24-19-8-4-17(5-9-19)6-13-23(28)25-20-10-11-21-18(16-20)7-12-22(26-21)27-14-2-1-3-15-27/h4-13,16H,1-3,14-15H2,(H,25,28). The van der Waals surface area contributed by atoms with Gasteiger partial charge in [0.15, 0.2) is 0 Å². The highest BCUT2D eigenvalue weighted by Gasteiger charge is 2.12. The van der Waals surface area contributed by atoms with E-state index in [1.807, 2.05) is 30.3 Å². The molecule has 1 aromatic heterocycles. The first-order valence-electron chi connectivity index (χ1n) is 9.58. The second kappa shape index (κ2) is 8.44. The topological polar surface area (TPSA) is 45.2 Å². The monoisotopic (exact) mass is 391 g/mol. The van der Waals surface area contributed by atoms with Gasteiger partial charge in [-0.05, 0) is 73.4 Å². The van der Waals surface area contributed by atoms with Crippen LogP contribution in [0.2, 0.25) is 5.02 Å². The minimum atomic E-state index is -0.174. The van der Waals surface area contributed by atoms with Crippen LogP contribution in [0.4, 0.5) is 11.5 Å². The van der Waals surface area contributed by atoms with Gasteiger partial charge in [-0.15, -0.1) is 0 Å². The molecule has 0 bridgehead atoms. The highest BCUT2D eigenvalue weighted by atomic mass is 35.5. The molecule has 0 saturated carbocycles. The summed E-state index contributed by atoms with van der Waals surface area (Å²) in [6.07, 6.45) is 7.05. The number of nitrogens with one attached hydrogen (secondary N) is 1. The Morgan fingerprint density at radius 2 is 1.79 bits per heavy atom. The molecule has 3 aromatic rings. The number of amides is 1. The quantitative estimate of drug-likeness (QED) is 0.594. The van der Waals surface area contributed by atoms with Gasteiger partial charge in [0.05, 0.1) is 5.52 Å². The summed E-state index contributed by atoms with van der Waals surface area (Å²) in [5.74, 6) is 0.863. The molecule has 1 aliphatic heterocycles. The molecule has 1 N–H and O–H groups in total. The van der Waals surface area contributed by atoms with Gasteiger partial charge in [-0.2, -0.15) is 0 Å². The fourth-order valence-electron chi connectivity index (χ4n) is 3.42. The van der Waals surface area contributed by atoms with Gasteiger partial charge in [0.1, 0.15) is 5.82 Å². The molecule has 5 heteroatoms. The summed E-state index contributed by atoms with van der Waals surface area (Å²) < 4.78 is 0. The number of pyridine rings is 1. The molecular formula is C23H22ClN3O. The summed E-state index contributed by atoms with van der Waals surface area (Å²) in [5, 5.41) is 4.59. The van der Waals surface area contributed by atoms with Crippen LogP contribution in [0.15, 0.2) is 60.7 Å². The van der Waals surface area contributed by atoms with E-state index in [0.717, 1.165) is 41.1 Å². The Labute approximate surface area is 169 Å². The van der Waals surface area contributed by atoms with Crippen molar-refractivity contribution in [3.63, 3.8) is 0 Å². The third-order valence-corrected chi connectivity index (χ3v) is 5.17. The molecule has 1 amide bonds. The van der Waals surface area contributed by atoms with Crippen LogP contribution in [-0.2, 0) is 4.79 Å². The number of carbonyl (C=O) groups excluding carboxylic acids is 1. The second-order valence-corrected chi connectivity index (χ2v) is 7.44. The van der Waals surface area contributed by atoms with Crippen molar-refractivity contribution in [3.05, 3.63) is 71.3 Å². The van der Waals surface area contributed by atoms with E-state index in [1.54, 1.807) is 18.2 Å². The highest BCUT2D eigenvalue weighted by Crippen LogP contribution is 2.23. The number of nitrogens with zero attached hydrogens (tertiary/aromatic N) is 2. The molecule has 0 unspecified atom stereocenters. The summed E-state index contributed by atoms with van der Waals surface area (Å²) in [7, 11) is 0. The van der Waals surface area contributed by atoms with Crippen LogP contribution in [0, 0.1) is 0 Å². The minimum Gasteiger partial charge on any atom is -0.357 e. The van der Waals surface area contributed by atoms with Crippen molar-refractivity contribution in [2.75, 3.05) is 23.3 Å².